The van der Waals surface area contributed by atoms with Gasteiger partial charge >= 0.3 is 5.97 Å². The smallest absolute Gasteiger partial charge is 0.331 e. The first-order valence-electron chi connectivity index (χ1n) is 4.50. The first kappa shape index (κ1) is 11.9. The topological polar surface area (TPSA) is 37.3 Å². The summed E-state index contributed by atoms with van der Waals surface area (Å²) in [6.45, 7) is 9.51. The van der Waals surface area contributed by atoms with Crippen LogP contribution in [0, 0.1) is 5.92 Å². The molecule has 0 aromatic carbocycles. The van der Waals surface area contributed by atoms with E-state index < -0.39 is 5.97 Å². The van der Waals surface area contributed by atoms with Gasteiger partial charge in [0.2, 0.25) is 0 Å². The fourth-order valence-corrected chi connectivity index (χ4v) is 1.01. The highest BCUT2D eigenvalue weighted by molar-refractivity contribution is 5.86. The van der Waals surface area contributed by atoms with E-state index in [2.05, 4.69) is 12.7 Å². The minimum absolute atomic E-state index is 0.0631. The number of hydrogen-bond acceptors (Lipinski definition) is 1. The highest BCUT2D eigenvalue weighted by atomic mass is 16.4. The number of carboxylic acids is 1. The molecule has 0 aromatic rings. The van der Waals surface area contributed by atoms with Crippen molar-refractivity contribution in [3.63, 3.8) is 0 Å². The normalized spacial score (nSPS) is 11.9. The molecule has 2 heteroatoms. The maximum absolute atomic E-state index is 10.5. The van der Waals surface area contributed by atoms with Gasteiger partial charge in [-0.2, -0.15) is 0 Å². The number of rotatable bonds is 5. The standard InChI is InChI=1S/C11H18O2/c1-8(2)6-5-7-9(3)10(4)11(12)13/h6,9H,4-5,7H2,1-3H3,(H,12,13)/t9-/m1/s1. The van der Waals surface area contributed by atoms with Crippen molar-refractivity contribution in [2.75, 3.05) is 0 Å². The van der Waals surface area contributed by atoms with E-state index >= 15 is 0 Å². The van der Waals surface area contributed by atoms with Crippen molar-refractivity contribution >= 4 is 5.97 Å². The number of allylic oxidation sites excluding steroid dienone is 2. The minimum Gasteiger partial charge on any atom is -0.478 e. The molecule has 0 saturated heterocycles. The predicted molar refractivity (Wildman–Crippen MR) is 54.6 cm³/mol. The lowest BCUT2D eigenvalue weighted by atomic mass is 9.97. The van der Waals surface area contributed by atoms with E-state index in [1.165, 1.54) is 5.57 Å². The Morgan fingerprint density at radius 2 is 2.08 bits per heavy atom. The Labute approximate surface area is 80.0 Å². The Bertz CT molecular complexity index is 222. The van der Waals surface area contributed by atoms with Crippen molar-refractivity contribution in [2.45, 2.75) is 33.6 Å². The summed E-state index contributed by atoms with van der Waals surface area (Å²) in [7, 11) is 0. The van der Waals surface area contributed by atoms with Crippen molar-refractivity contribution < 1.29 is 9.90 Å². The Kier molecular flexibility index (Phi) is 5.12. The molecular weight excluding hydrogens is 164 g/mol. The van der Waals surface area contributed by atoms with Crippen LogP contribution in [0.15, 0.2) is 23.8 Å². The summed E-state index contributed by atoms with van der Waals surface area (Å²) in [4.78, 5) is 10.5. The van der Waals surface area contributed by atoms with Crippen LogP contribution in [0.25, 0.3) is 0 Å². The van der Waals surface area contributed by atoms with Crippen molar-refractivity contribution in [2.24, 2.45) is 5.92 Å². The third-order valence-corrected chi connectivity index (χ3v) is 2.02. The molecule has 1 atom stereocenters. The molecule has 0 heterocycles. The first-order valence-corrected chi connectivity index (χ1v) is 4.50. The van der Waals surface area contributed by atoms with Gasteiger partial charge in [0.05, 0.1) is 0 Å². The van der Waals surface area contributed by atoms with E-state index in [4.69, 9.17) is 5.11 Å². The number of aliphatic carboxylic acids is 1. The highest BCUT2D eigenvalue weighted by Crippen LogP contribution is 2.15. The minimum atomic E-state index is -0.885. The van der Waals surface area contributed by atoms with Crippen molar-refractivity contribution in [3.8, 4) is 0 Å². The average molecular weight is 182 g/mol. The molecule has 0 amide bonds. The number of hydrogen-bond donors (Lipinski definition) is 1. The summed E-state index contributed by atoms with van der Waals surface area (Å²) in [6, 6.07) is 0. The second-order valence-corrected chi connectivity index (χ2v) is 3.59. The van der Waals surface area contributed by atoms with Gasteiger partial charge in [0.15, 0.2) is 0 Å². The van der Waals surface area contributed by atoms with Crippen LogP contribution in [0.4, 0.5) is 0 Å². The third-order valence-electron chi connectivity index (χ3n) is 2.02. The Morgan fingerprint density at radius 3 is 2.46 bits per heavy atom. The molecule has 0 aliphatic rings. The van der Waals surface area contributed by atoms with Gasteiger partial charge in [-0.1, -0.05) is 25.2 Å². The zero-order chi connectivity index (χ0) is 10.4. The van der Waals surface area contributed by atoms with E-state index in [-0.39, 0.29) is 5.92 Å². The van der Waals surface area contributed by atoms with Gasteiger partial charge in [-0.3, -0.25) is 0 Å². The van der Waals surface area contributed by atoms with E-state index in [0.29, 0.717) is 5.57 Å². The third kappa shape index (κ3) is 5.23. The Hall–Kier alpha value is -1.05. The van der Waals surface area contributed by atoms with Crippen LogP contribution in [0.2, 0.25) is 0 Å². The van der Waals surface area contributed by atoms with Gasteiger partial charge in [-0.05, 0) is 32.6 Å². The lowest BCUT2D eigenvalue weighted by Crippen LogP contribution is -2.08. The number of carboxylic acid groups (broad SMARTS) is 1. The van der Waals surface area contributed by atoms with Crippen LogP contribution >= 0.6 is 0 Å². The van der Waals surface area contributed by atoms with Crippen LogP contribution in [0.3, 0.4) is 0 Å². The fourth-order valence-electron chi connectivity index (χ4n) is 1.01. The summed E-state index contributed by atoms with van der Waals surface area (Å²) < 4.78 is 0. The molecule has 0 spiro atoms. The van der Waals surface area contributed by atoms with E-state index in [0.717, 1.165) is 12.8 Å². The molecule has 2 nitrogen and oxygen atoms in total. The zero-order valence-electron chi connectivity index (χ0n) is 8.63. The van der Waals surface area contributed by atoms with E-state index in [1.807, 2.05) is 20.8 Å². The van der Waals surface area contributed by atoms with E-state index in [9.17, 15) is 4.79 Å². The van der Waals surface area contributed by atoms with Gasteiger partial charge in [0.1, 0.15) is 0 Å². The second-order valence-electron chi connectivity index (χ2n) is 3.59. The molecular formula is C11H18O2. The van der Waals surface area contributed by atoms with Crippen LogP contribution in [0.5, 0.6) is 0 Å². The largest absolute Gasteiger partial charge is 0.478 e. The average Bonchev–Trinajstić information content (AvgIpc) is 2.02. The molecule has 0 radical (unpaired) electrons. The van der Waals surface area contributed by atoms with Crippen LogP contribution < -0.4 is 0 Å². The van der Waals surface area contributed by atoms with Gasteiger partial charge in [-0.25, -0.2) is 4.79 Å². The summed E-state index contributed by atoms with van der Waals surface area (Å²) >= 11 is 0. The summed E-state index contributed by atoms with van der Waals surface area (Å²) in [6.07, 6.45) is 3.90. The lowest BCUT2D eigenvalue weighted by molar-refractivity contribution is -0.133. The highest BCUT2D eigenvalue weighted by Gasteiger charge is 2.11. The molecule has 1 N–H and O–H groups in total. The quantitative estimate of drug-likeness (QED) is 0.524. The predicted octanol–water partition coefficient (Wildman–Crippen LogP) is 3.01. The van der Waals surface area contributed by atoms with Crippen LogP contribution in [-0.2, 0) is 4.79 Å². The first-order chi connectivity index (χ1) is 5.95. The SMILES string of the molecule is C=C(C(=O)O)[C@H](C)CCC=C(C)C. The second kappa shape index (κ2) is 5.57. The van der Waals surface area contributed by atoms with Crippen LogP contribution in [-0.4, -0.2) is 11.1 Å². The molecule has 74 valence electrons. The monoisotopic (exact) mass is 182 g/mol. The summed E-state index contributed by atoms with van der Waals surface area (Å²) in [5, 5.41) is 8.65. The van der Waals surface area contributed by atoms with Gasteiger partial charge in [0, 0.05) is 5.57 Å². The molecule has 0 rings (SSSR count). The zero-order valence-corrected chi connectivity index (χ0v) is 8.63. The van der Waals surface area contributed by atoms with Crippen LogP contribution in [0.1, 0.15) is 33.6 Å². The van der Waals surface area contributed by atoms with Crippen molar-refractivity contribution in [1.29, 1.82) is 0 Å². The molecule has 0 unspecified atom stereocenters. The van der Waals surface area contributed by atoms with Gasteiger partial charge in [0.25, 0.3) is 0 Å². The molecule has 0 bridgehead atoms. The van der Waals surface area contributed by atoms with Gasteiger partial charge < -0.3 is 5.11 Å². The maximum Gasteiger partial charge on any atom is 0.331 e. The Balaban J connectivity index is 3.88. The summed E-state index contributed by atoms with van der Waals surface area (Å²) in [5.74, 6) is -0.821. The Morgan fingerprint density at radius 1 is 1.54 bits per heavy atom. The maximum atomic E-state index is 10.5. The van der Waals surface area contributed by atoms with Crippen molar-refractivity contribution in [3.05, 3.63) is 23.8 Å². The number of carbonyl (C=O) groups is 1. The fraction of sp³-hybridized carbons (Fsp3) is 0.545. The molecule has 0 fully saturated rings. The molecule has 0 aliphatic carbocycles. The molecule has 0 saturated carbocycles. The lowest BCUT2D eigenvalue weighted by Gasteiger charge is -2.08. The molecule has 0 aromatic heterocycles. The molecule has 0 aliphatic heterocycles. The molecule has 13 heavy (non-hydrogen) atoms. The summed E-state index contributed by atoms with van der Waals surface area (Å²) in [5.41, 5.74) is 1.58. The van der Waals surface area contributed by atoms with Crippen molar-refractivity contribution in [1.82, 2.24) is 0 Å². The van der Waals surface area contributed by atoms with Gasteiger partial charge in [-0.15, -0.1) is 0 Å². The van der Waals surface area contributed by atoms with E-state index in [1.54, 1.807) is 0 Å².